The average Bonchev–Trinajstić information content (AvgIpc) is 3.32. The molecule has 1 aliphatic heterocycles. The molecule has 1 aliphatic rings. The molecular weight excluding hydrogens is 412 g/mol. The van der Waals surface area contributed by atoms with E-state index >= 15 is 0 Å². The molecule has 0 radical (unpaired) electrons. The van der Waals surface area contributed by atoms with Crippen molar-refractivity contribution < 1.29 is 19.2 Å². The zero-order valence-corrected chi connectivity index (χ0v) is 17.5. The number of nitrogens with zero attached hydrogens (tertiary/aromatic N) is 3. The van der Waals surface area contributed by atoms with Crippen molar-refractivity contribution in [2.45, 2.75) is 19.8 Å². The number of aromatic nitrogens is 1. The van der Waals surface area contributed by atoms with E-state index < -0.39 is 23.4 Å². The van der Waals surface area contributed by atoms with Gasteiger partial charge in [-0.1, -0.05) is 24.3 Å². The molecule has 32 heavy (non-hydrogen) atoms. The van der Waals surface area contributed by atoms with Crippen LogP contribution < -0.4 is 10.2 Å². The molecule has 0 spiro atoms. The molecule has 0 bridgehead atoms. The number of para-hydroxylation sites is 1. The second kappa shape index (κ2) is 9.01. The van der Waals surface area contributed by atoms with E-state index in [-0.39, 0.29) is 11.4 Å². The van der Waals surface area contributed by atoms with Gasteiger partial charge in [0.1, 0.15) is 11.4 Å². The van der Waals surface area contributed by atoms with Crippen LogP contribution in [0.15, 0.2) is 48.5 Å². The van der Waals surface area contributed by atoms with Crippen molar-refractivity contribution in [1.82, 2.24) is 4.98 Å². The van der Waals surface area contributed by atoms with Gasteiger partial charge in [0.05, 0.1) is 10.4 Å². The van der Waals surface area contributed by atoms with Gasteiger partial charge in [-0.15, -0.1) is 0 Å². The Balaban J connectivity index is 1.49. The van der Waals surface area contributed by atoms with Gasteiger partial charge in [0, 0.05) is 35.8 Å². The predicted molar refractivity (Wildman–Crippen MR) is 120 cm³/mol. The molecular formula is C23H22N4O5. The Bertz CT molecular complexity index is 1200. The number of esters is 1. The Morgan fingerprint density at radius 2 is 1.91 bits per heavy atom. The Labute approximate surface area is 184 Å². The maximum absolute atomic E-state index is 12.9. The van der Waals surface area contributed by atoms with Crippen LogP contribution in [0, 0.1) is 17.0 Å². The summed E-state index contributed by atoms with van der Waals surface area (Å²) in [6.45, 7) is 2.70. The van der Waals surface area contributed by atoms with Gasteiger partial charge in [0.15, 0.2) is 6.61 Å². The Kier molecular flexibility index (Phi) is 5.98. The predicted octanol–water partition coefficient (Wildman–Crippen LogP) is 3.85. The van der Waals surface area contributed by atoms with Crippen molar-refractivity contribution in [3.05, 3.63) is 69.8 Å². The fraction of sp³-hybridized carbons (Fsp3) is 0.261. The van der Waals surface area contributed by atoms with Crippen molar-refractivity contribution in [2.24, 2.45) is 0 Å². The molecule has 2 heterocycles. The number of ether oxygens (including phenoxy) is 1. The van der Waals surface area contributed by atoms with E-state index in [2.05, 4.69) is 15.2 Å². The molecule has 1 saturated heterocycles. The number of aryl methyl sites for hydroxylation is 1. The van der Waals surface area contributed by atoms with Crippen LogP contribution in [0.1, 0.15) is 28.8 Å². The first kappa shape index (κ1) is 21.2. The van der Waals surface area contributed by atoms with Crippen molar-refractivity contribution >= 4 is 40.0 Å². The third kappa shape index (κ3) is 4.51. The van der Waals surface area contributed by atoms with Crippen LogP contribution >= 0.6 is 0 Å². The minimum Gasteiger partial charge on any atom is -0.452 e. The molecule has 1 amide bonds. The number of nitrogens with one attached hydrogen (secondary N) is 1. The fourth-order valence-corrected chi connectivity index (χ4v) is 3.72. The number of carbonyl (C=O) groups is 2. The van der Waals surface area contributed by atoms with Gasteiger partial charge in [-0.2, -0.15) is 0 Å². The monoisotopic (exact) mass is 434 g/mol. The molecule has 2 aromatic carbocycles. The molecule has 0 saturated carbocycles. The van der Waals surface area contributed by atoms with E-state index in [9.17, 15) is 19.7 Å². The van der Waals surface area contributed by atoms with Crippen molar-refractivity contribution in [3.63, 3.8) is 0 Å². The average molecular weight is 434 g/mol. The first-order valence-corrected chi connectivity index (χ1v) is 10.3. The second-order valence-corrected chi connectivity index (χ2v) is 7.63. The Hall–Kier alpha value is -4.01. The first-order valence-electron chi connectivity index (χ1n) is 10.3. The minimum absolute atomic E-state index is 0.0997. The van der Waals surface area contributed by atoms with E-state index in [1.807, 2.05) is 24.3 Å². The highest BCUT2D eigenvalue weighted by molar-refractivity contribution is 6.01. The van der Waals surface area contributed by atoms with Crippen LogP contribution in [0.3, 0.4) is 0 Å². The van der Waals surface area contributed by atoms with Crippen molar-refractivity contribution in [2.75, 3.05) is 29.9 Å². The van der Waals surface area contributed by atoms with Crippen molar-refractivity contribution in [3.8, 4) is 0 Å². The number of hydrogen-bond donors (Lipinski definition) is 1. The molecule has 9 nitrogen and oxygen atoms in total. The third-order valence-electron chi connectivity index (χ3n) is 5.35. The number of amides is 1. The van der Waals surface area contributed by atoms with E-state index in [4.69, 9.17) is 4.74 Å². The van der Waals surface area contributed by atoms with Crippen LogP contribution in [-0.2, 0) is 9.53 Å². The van der Waals surface area contributed by atoms with Crippen molar-refractivity contribution in [1.29, 1.82) is 0 Å². The van der Waals surface area contributed by atoms with Crippen LogP contribution in [0.5, 0.6) is 0 Å². The molecule has 3 aromatic rings. The van der Waals surface area contributed by atoms with Crippen LogP contribution in [0.25, 0.3) is 10.9 Å². The van der Waals surface area contributed by atoms with Gasteiger partial charge < -0.3 is 15.0 Å². The van der Waals surface area contributed by atoms with Gasteiger partial charge in [0.25, 0.3) is 11.6 Å². The lowest BCUT2D eigenvalue weighted by Gasteiger charge is -2.20. The number of rotatable bonds is 6. The summed E-state index contributed by atoms with van der Waals surface area (Å²) >= 11 is 0. The molecule has 1 aromatic heterocycles. The number of carbonyl (C=O) groups excluding carboxylic acids is 2. The number of anilines is 2. The molecule has 0 unspecified atom stereocenters. The van der Waals surface area contributed by atoms with Gasteiger partial charge in [0.2, 0.25) is 0 Å². The normalized spacial score (nSPS) is 13.2. The van der Waals surface area contributed by atoms with Crippen LogP contribution in [0.2, 0.25) is 0 Å². The molecule has 1 N–H and O–H groups in total. The zero-order chi connectivity index (χ0) is 22.7. The minimum atomic E-state index is -0.643. The summed E-state index contributed by atoms with van der Waals surface area (Å²) in [7, 11) is 0. The van der Waals surface area contributed by atoms with Gasteiger partial charge in [-0.3, -0.25) is 14.9 Å². The number of hydrogen-bond acceptors (Lipinski definition) is 7. The van der Waals surface area contributed by atoms with E-state index in [1.54, 1.807) is 25.1 Å². The summed E-state index contributed by atoms with van der Waals surface area (Å²) in [4.78, 5) is 42.4. The highest BCUT2D eigenvalue weighted by Crippen LogP contribution is 2.27. The number of pyridine rings is 1. The number of nitro groups is 1. The smallest absolute Gasteiger partial charge is 0.342 e. The lowest BCUT2D eigenvalue weighted by atomic mass is 10.1. The molecule has 0 atom stereocenters. The fourth-order valence-electron chi connectivity index (χ4n) is 3.72. The maximum atomic E-state index is 12.9. The molecule has 0 aliphatic carbocycles. The molecule has 4 rings (SSSR count). The first-order chi connectivity index (χ1) is 15.4. The van der Waals surface area contributed by atoms with Crippen LogP contribution in [0.4, 0.5) is 17.2 Å². The quantitative estimate of drug-likeness (QED) is 0.356. The number of benzene rings is 2. The van der Waals surface area contributed by atoms with E-state index in [0.717, 1.165) is 36.8 Å². The Morgan fingerprint density at radius 3 is 2.66 bits per heavy atom. The van der Waals surface area contributed by atoms with Gasteiger partial charge >= 0.3 is 5.97 Å². The van der Waals surface area contributed by atoms with E-state index in [0.29, 0.717) is 16.9 Å². The highest BCUT2D eigenvalue weighted by atomic mass is 16.6. The molecule has 164 valence electrons. The molecule has 1 fully saturated rings. The Morgan fingerprint density at radius 1 is 1.16 bits per heavy atom. The summed E-state index contributed by atoms with van der Waals surface area (Å²) in [5, 5.41) is 14.4. The zero-order valence-electron chi connectivity index (χ0n) is 17.5. The summed E-state index contributed by atoms with van der Waals surface area (Å²) in [5.41, 5.74) is 1.73. The highest BCUT2D eigenvalue weighted by Gasteiger charge is 2.23. The third-order valence-corrected chi connectivity index (χ3v) is 5.35. The largest absolute Gasteiger partial charge is 0.452 e. The summed E-state index contributed by atoms with van der Waals surface area (Å²) < 4.78 is 5.26. The lowest BCUT2D eigenvalue weighted by Crippen LogP contribution is -2.25. The second-order valence-electron chi connectivity index (χ2n) is 7.63. The summed E-state index contributed by atoms with van der Waals surface area (Å²) in [5.74, 6) is -0.677. The SMILES string of the molecule is Cc1ccc(NC(=O)COC(=O)c2cc3ccccc3nc2N2CCCC2)cc1[N+](=O)[O-]. The number of fused-ring (bicyclic) bond motifs is 1. The summed E-state index contributed by atoms with van der Waals surface area (Å²) in [6.07, 6.45) is 2.04. The lowest BCUT2D eigenvalue weighted by molar-refractivity contribution is -0.385. The molecule has 9 heteroatoms. The standard InChI is InChI=1S/C23H22N4O5/c1-15-8-9-17(13-20(15)27(30)31)24-21(28)14-32-23(29)18-12-16-6-2-3-7-19(16)25-22(18)26-10-4-5-11-26/h2-3,6-9,12-13H,4-5,10-11,14H2,1H3,(H,24,28). The van der Waals surface area contributed by atoms with Crippen LogP contribution in [-0.4, -0.2) is 41.5 Å². The maximum Gasteiger partial charge on any atom is 0.342 e. The topological polar surface area (TPSA) is 115 Å². The number of nitro benzene ring substituents is 1. The van der Waals surface area contributed by atoms with Gasteiger partial charge in [-0.05, 0) is 38.0 Å². The van der Waals surface area contributed by atoms with Gasteiger partial charge in [-0.25, -0.2) is 9.78 Å². The van der Waals surface area contributed by atoms with E-state index in [1.165, 1.54) is 6.07 Å². The summed E-state index contributed by atoms with van der Waals surface area (Å²) in [6, 6.07) is 13.6.